The zero-order valence-electron chi connectivity index (χ0n) is 10.1. The Hall–Kier alpha value is -0.990. The van der Waals surface area contributed by atoms with Gasteiger partial charge in [0.15, 0.2) is 0 Å². The number of hydrogen-bond donors (Lipinski definition) is 0. The van der Waals surface area contributed by atoms with Crippen LogP contribution in [0.15, 0.2) is 18.2 Å². The maximum Gasteiger partial charge on any atom is 0.393 e. The van der Waals surface area contributed by atoms with Crippen molar-refractivity contribution in [2.24, 2.45) is 0 Å². The third-order valence-electron chi connectivity index (χ3n) is 2.51. The van der Waals surface area contributed by atoms with Crippen LogP contribution in [-0.2, 0) is 11.8 Å². The normalized spacial score (nSPS) is 12.9. The standard InChI is InChI=1S/C13H17F3/c1-9-5-6-10(8-13(14,15)16)7-11(9)12(2,3)4/h5-7H,8H2,1-4H3. The van der Waals surface area contributed by atoms with E-state index < -0.39 is 12.6 Å². The molecule has 1 aromatic rings. The van der Waals surface area contributed by atoms with Crippen molar-refractivity contribution in [1.82, 2.24) is 0 Å². The number of halogens is 3. The largest absolute Gasteiger partial charge is 0.393 e. The van der Waals surface area contributed by atoms with Gasteiger partial charge in [-0.25, -0.2) is 0 Å². The third kappa shape index (κ3) is 3.54. The summed E-state index contributed by atoms with van der Waals surface area (Å²) in [5, 5.41) is 0. The zero-order chi connectivity index (χ0) is 12.6. The molecule has 0 unspecified atom stereocenters. The second-order valence-corrected chi connectivity index (χ2v) is 5.19. The Morgan fingerprint density at radius 3 is 2.06 bits per heavy atom. The quantitative estimate of drug-likeness (QED) is 0.671. The Morgan fingerprint density at radius 1 is 1.06 bits per heavy atom. The Morgan fingerprint density at radius 2 is 1.62 bits per heavy atom. The van der Waals surface area contributed by atoms with Crippen LogP contribution >= 0.6 is 0 Å². The van der Waals surface area contributed by atoms with Crippen LogP contribution in [-0.4, -0.2) is 6.18 Å². The van der Waals surface area contributed by atoms with E-state index in [9.17, 15) is 13.2 Å². The fourth-order valence-electron chi connectivity index (χ4n) is 1.82. The lowest BCUT2D eigenvalue weighted by Crippen LogP contribution is -2.16. The van der Waals surface area contributed by atoms with E-state index >= 15 is 0 Å². The molecule has 0 fully saturated rings. The van der Waals surface area contributed by atoms with Gasteiger partial charge < -0.3 is 0 Å². The predicted molar refractivity (Wildman–Crippen MR) is 59.6 cm³/mol. The van der Waals surface area contributed by atoms with Gasteiger partial charge in [0.2, 0.25) is 0 Å². The first-order valence-electron chi connectivity index (χ1n) is 5.26. The Kier molecular flexibility index (Phi) is 3.36. The van der Waals surface area contributed by atoms with Crippen molar-refractivity contribution in [3.05, 3.63) is 34.9 Å². The van der Waals surface area contributed by atoms with E-state index in [1.807, 2.05) is 27.7 Å². The molecular formula is C13H17F3. The molecule has 0 radical (unpaired) electrons. The van der Waals surface area contributed by atoms with Crippen LogP contribution in [0, 0.1) is 6.92 Å². The van der Waals surface area contributed by atoms with E-state index in [1.54, 1.807) is 18.2 Å². The topological polar surface area (TPSA) is 0 Å². The molecule has 0 amide bonds. The highest BCUT2D eigenvalue weighted by atomic mass is 19.4. The van der Waals surface area contributed by atoms with Crippen molar-refractivity contribution in [3.8, 4) is 0 Å². The summed E-state index contributed by atoms with van der Waals surface area (Å²) >= 11 is 0. The van der Waals surface area contributed by atoms with Crippen LogP contribution in [0.5, 0.6) is 0 Å². The summed E-state index contributed by atoms with van der Waals surface area (Å²) in [4.78, 5) is 0. The van der Waals surface area contributed by atoms with E-state index in [-0.39, 0.29) is 5.41 Å². The Bertz CT molecular complexity index is 370. The first-order valence-corrected chi connectivity index (χ1v) is 5.26. The molecule has 0 N–H and O–H groups in total. The average molecular weight is 230 g/mol. The smallest absolute Gasteiger partial charge is 0.171 e. The third-order valence-corrected chi connectivity index (χ3v) is 2.51. The molecular weight excluding hydrogens is 213 g/mol. The first-order chi connectivity index (χ1) is 7.09. The minimum Gasteiger partial charge on any atom is -0.171 e. The molecule has 0 aliphatic carbocycles. The molecule has 3 heteroatoms. The van der Waals surface area contributed by atoms with Crippen molar-refractivity contribution in [3.63, 3.8) is 0 Å². The van der Waals surface area contributed by atoms with Crippen molar-refractivity contribution >= 4 is 0 Å². The Labute approximate surface area is 94.5 Å². The van der Waals surface area contributed by atoms with E-state index in [1.165, 1.54) is 0 Å². The van der Waals surface area contributed by atoms with Gasteiger partial charge in [0.1, 0.15) is 0 Å². The second-order valence-electron chi connectivity index (χ2n) is 5.19. The van der Waals surface area contributed by atoms with Gasteiger partial charge in [-0.2, -0.15) is 13.2 Å². The number of aryl methyl sites for hydroxylation is 1. The predicted octanol–water partition coefficient (Wildman–Crippen LogP) is 4.40. The molecule has 0 aliphatic heterocycles. The minimum atomic E-state index is -4.13. The van der Waals surface area contributed by atoms with Gasteiger partial charge in [0.25, 0.3) is 0 Å². The molecule has 0 spiro atoms. The lowest BCUT2D eigenvalue weighted by Gasteiger charge is -2.22. The van der Waals surface area contributed by atoms with Crippen molar-refractivity contribution < 1.29 is 13.2 Å². The summed E-state index contributed by atoms with van der Waals surface area (Å²) in [6.45, 7) is 7.95. The first kappa shape index (κ1) is 13.1. The molecule has 1 rings (SSSR count). The van der Waals surface area contributed by atoms with Gasteiger partial charge >= 0.3 is 6.18 Å². The molecule has 16 heavy (non-hydrogen) atoms. The summed E-state index contributed by atoms with van der Waals surface area (Å²) in [5.74, 6) is 0. The second kappa shape index (κ2) is 4.11. The van der Waals surface area contributed by atoms with Gasteiger partial charge in [-0.05, 0) is 29.0 Å². The summed E-state index contributed by atoms with van der Waals surface area (Å²) < 4.78 is 36.8. The van der Waals surface area contributed by atoms with Crippen LogP contribution in [0.4, 0.5) is 13.2 Å². The lowest BCUT2D eigenvalue weighted by molar-refractivity contribution is -0.127. The molecule has 0 aromatic heterocycles. The summed E-state index contributed by atoms with van der Waals surface area (Å²) in [7, 11) is 0. The van der Waals surface area contributed by atoms with Gasteiger partial charge in [-0.1, -0.05) is 39.0 Å². The molecule has 0 nitrogen and oxygen atoms in total. The molecule has 0 heterocycles. The number of rotatable bonds is 1. The number of hydrogen-bond acceptors (Lipinski definition) is 0. The number of benzene rings is 1. The number of alkyl halides is 3. The lowest BCUT2D eigenvalue weighted by atomic mass is 9.83. The van der Waals surface area contributed by atoms with Crippen LogP contribution in [0.25, 0.3) is 0 Å². The molecule has 0 saturated carbocycles. The van der Waals surface area contributed by atoms with Crippen LogP contribution in [0.2, 0.25) is 0 Å². The fourth-order valence-corrected chi connectivity index (χ4v) is 1.82. The van der Waals surface area contributed by atoms with E-state index in [2.05, 4.69) is 0 Å². The van der Waals surface area contributed by atoms with Crippen molar-refractivity contribution in [2.45, 2.75) is 45.7 Å². The SMILES string of the molecule is Cc1ccc(CC(F)(F)F)cc1C(C)(C)C. The monoisotopic (exact) mass is 230 g/mol. The maximum atomic E-state index is 12.3. The maximum absolute atomic E-state index is 12.3. The molecule has 90 valence electrons. The van der Waals surface area contributed by atoms with Gasteiger partial charge in [-0.15, -0.1) is 0 Å². The molecule has 0 atom stereocenters. The summed E-state index contributed by atoms with van der Waals surface area (Å²) in [6, 6.07) is 4.99. The van der Waals surface area contributed by atoms with E-state index in [0.29, 0.717) is 5.56 Å². The van der Waals surface area contributed by atoms with Crippen LogP contribution in [0.1, 0.15) is 37.5 Å². The van der Waals surface area contributed by atoms with Crippen LogP contribution < -0.4 is 0 Å². The zero-order valence-corrected chi connectivity index (χ0v) is 10.1. The molecule has 1 aromatic carbocycles. The van der Waals surface area contributed by atoms with Gasteiger partial charge in [0, 0.05) is 0 Å². The molecule has 0 saturated heterocycles. The summed E-state index contributed by atoms with van der Waals surface area (Å²) in [5.41, 5.74) is 2.24. The van der Waals surface area contributed by atoms with Crippen molar-refractivity contribution in [2.75, 3.05) is 0 Å². The molecule has 0 bridgehead atoms. The van der Waals surface area contributed by atoms with Gasteiger partial charge in [0.05, 0.1) is 6.42 Å². The fraction of sp³-hybridized carbons (Fsp3) is 0.538. The highest BCUT2D eigenvalue weighted by Crippen LogP contribution is 2.29. The highest BCUT2D eigenvalue weighted by Gasteiger charge is 2.28. The van der Waals surface area contributed by atoms with Crippen molar-refractivity contribution in [1.29, 1.82) is 0 Å². The average Bonchev–Trinajstić information content (AvgIpc) is 2.04. The molecule has 0 aliphatic rings. The minimum absolute atomic E-state index is 0.119. The van der Waals surface area contributed by atoms with Crippen LogP contribution in [0.3, 0.4) is 0 Å². The highest BCUT2D eigenvalue weighted by molar-refractivity contribution is 5.36. The summed E-state index contributed by atoms with van der Waals surface area (Å²) in [6.07, 6.45) is -4.99. The van der Waals surface area contributed by atoms with E-state index in [0.717, 1.165) is 11.1 Å². The van der Waals surface area contributed by atoms with Gasteiger partial charge in [-0.3, -0.25) is 0 Å². The van der Waals surface area contributed by atoms with E-state index in [4.69, 9.17) is 0 Å². The Balaban J connectivity index is 3.09.